The van der Waals surface area contributed by atoms with Crippen LogP contribution < -0.4 is 5.32 Å². The van der Waals surface area contributed by atoms with Crippen LogP contribution in [-0.2, 0) is 0 Å². The van der Waals surface area contributed by atoms with E-state index in [9.17, 15) is 0 Å². The molecule has 1 heterocycles. The highest BCUT2D eigenvalue weighted by Gasteiger charge is 2.19. The Balaban J connectivity index is 2.23. The Morgan fingerprint density at radius 1 is 1.56 bits per heavy atom. The first-order chi connectivity index (χ1) is 4.47. The molecule has 1 atom stereocenters. The standard InChI is InChI=1S/C8H11N/c1-2-4-8-7(3-1)5-6-9-8/h1-2,4,7,9H,3,5-6H2/t7-/m0/s1. The molecular formula is C8H11N. The number of nitrogens with one attached hydrogen (secondary N) is 1. The smallest absolute Gasteiger partial charge is 0.0150 e. The molecule has 0 unspecified atom stereocenters. The van der Waals surface area contributed by atoms with Gasteiger partial charge >= 0.3 is 0 Å². The zero-order valence-electron chi connectivity index (χ0n) is 5.43. The number of fused-ring (bicyclic) bond motifs is 1. The maximum Gasteiger partial charge on any atom is 0.0150 e. The molecule has 1 fully saturated rings. The fraction of sp³-hybridized carbons (Fsp3) is 0.500. The summed E-state index contributed by atoms with van der Waals surface area (Å²) in [7, 11) is 0. The van der Waals surface area contributed by atoms with Crippen LogP contribution in [0.4, 0.5) is 0 Å². The number of allylic oxidation sites excluding steroid dienone is 4. The van der Waals surface area contributed by atoms with Gasteiger partial charge < -0.3 is 5.32 Å². The lowest BCUT2D eigenvalue weighted by atomic mass is 9.97. The van der Waals surface area contributed by atoms with Crippen LogP contribution in [-0.4, -0.2) is 6.54 Å². The minimum Gasteiger partial charge on any atom is -0.388 e. The highest BCUT2D eigenvalue weighted by Crippen LogP contribution is 2.25. The van der Waals surface area contributed by atoms with Gasteiger partial charge in [-0.25, -0.2) is 0 Å². The molecule has 0 aromatic carbocycles. The zero-order chi connectivity index (χ0) is 6.10. The minimum atomic E-state index is 0.829. The molecule has 1 nitrogen and oxygen atoms in total. The van der Waals surface area contributed by atoms with Gasteiger partial charge in [0.2, 0.25) is 0 Å². The van der Waals surface area contributed by atoms with Crippen LogP contribution in [0.5, 0.6) is 0 Å². The number of hydrogen-bond donors (Lipinski definition) is 1. The van der Waals surface area contributed by atoms with Crippen molar-refractivity contribution < 1.29 is 0 Å². The van der Waals surface area contributed by atoms with E-state index in [1.165, 1.54) is 25.1 Å². The van der Waals surface area contributed by atoms with Crippen LogP contribution in [0.3, 0.4) is 0 Å². The fourth-order valence-electron chi connectivity index (χ4n) is 1.54. The molecule has 0 aromatic rings. The van der Waals surface area contributed by atoms with Crippen molar-refractivity contribution in [1.29, 1.82) is 0 Å². The van der Waals surface area contributed by atoms with Gasteiger partial charge in [-0.2, -0.15) is 0 Å². The summed E-state index contributed by atoms with van der Waals surface area (Å²) in [6, 6.07) is 0. The van der Waals surface area contributed by atoms with E-state index in [4.69, 9.17) is 0 Å². The van der Waals surface area contributed by atoms with Gasteiger partial charge in [0.1, 0.15) is 0 Å². The Morgan fingerprint density at radius 3 is 3.44 bits per heavy atom. The van der Waals surface area contributed by atoms with E-state index >= 15 is 0 Å². The lowest BCUT2D eigenvalue weighted by Crippen LogP contribution is -2.07. The molecule has 48 valence electrons. The average Bonchev–Trinajstić information content (AvgIpc) is 2.33. The molecule has 1 heteroatoms. The van der Waals surface area contributed by atoms with Gasteiger partial charge in [0.15, 0.2) is 0 Å². The Morgan fingerprint density at radius 2 is 2.56 bits per heavy atom. The topological polar surface area (TPSA) is 12.0 Å². The normalized spacial score (nSPS) is 31.1. The van der Waals surface area contributed by atoms with Crippen molar-refractivity contribution in [2.45, 2.75) is 12.8 Å². The van der Waals surface area contributed by atoms with Crippen LogP contribution in [0.1, 0.15) is 12.8 Å². The fourth-order valence-corrected chi connectivity index (χ4v) is 1.54. The number of hydrogen-bond acceptors (Lipinski definition) is 1. The van der Waals surface area contributed by atoms with Crippen molar-refractivity contribution in [1.82, 2.24) is 5.32 Å². The molecule has 1 aliphatic carbocycles. The van der Waals surface area contributed by atoms with Crippen LogP contribution in [0, 0.1) is 5.92 Å². The monoisotopic (exact) mass is 121 g/mol. The summed E-state index contributed by atoms with van der Waals surface area (Å²) in [6.45, 7) is 1.18. The van der Waals surface area contributed by atoms with E-state index in [1.807, 2.05) is 0 Å². The largest absolute Gasteiger partial charge is 0.388 e. The van der Waals surface area contributed by atoms with E-state index in [2.05, 4.69) is 23.5 Å². The Labute approximate surface area is 55.5 Å². The highest BCUT2D eigenvalue weighted by atomic mass is 14.9. The van der Waals surface area contributed by atoms with Gasteiger partial charge in [-0.1, -0.05) is 12.2 Å². The molecule has 0 saturated carbocycles. The molecule has 2 rings (SSSR count). The van der Waals surface area contributed by atoms with Gasteiger partial charge in [0.05, 0.1) is 0 Å². The summed E-state index contributed by atoms with van der Waals surface area (Å²) in [5.74, 6) is 0.829. The van der Waals surface area contributed by atoms with Gasteiger partial charge in [-0.05, 0) is 18.9 Å². The van der Waals surface area contributed by atoms with Crippen LogP contribution in [0.15, 0.2) is 23.9 Å². The molecule has 0 aromatic heterocycles. The van der Waals surface area contributed by atoms with Crippen LogP contribution in [0.25, 0.3) is 0 Å². The molecule has 0 amide bonds. The molecule has 1 aliphatic heterocycles. The summed E-state index contributed by atoms with van der Waals surface area (Å²) < 4.78 is 0. The third-order valence-corrected chi connectivity index (χ3v) is 2.09. The van der Waals surface area contributed by atoms with Gasteiger partial charge in [-0.3, -0.25) is 0 Å². The Hall–Kier alpha value is -0.720. The molecule has 0 spiro atoms. The molecule has 0 bridgehead atoms. The van der Waals surface area contributed by atoms with E-state index in [-0.39, 0.29) is 0 Å². The van der Waals surface area contributed by atoms with Crippen molar-refractivity contribution >= 4 is 0 Å². The number of rotatable bonds is 0. The lowest BCUT2D eigenvalue weighted by molar-refractivity contribution is 0.646. The molecule has 1 N–H and O–H groups in total. The Bertz CT molecular complexity index is 167. The summed E-state index contributed by atoms with van der Waals surface area (Å²) in [5, 5.41) is 3.37. The van der Waals surface area contributed by atoms with Gasteiger partial charge in [0, 0.05) is 18.2 Å². The third-order valence-electron chi connectivity index (χ3n) is 2.09. The quantitative estimate of drug-likeness (QED) is 0.511. The molecule has 9 heavy (non-hydrogen) atoms. The van der Waals surface area contributed by atoms with Crippen LogP contribution in [0.2, 0.25) is 0 Å². The molecule has 1 saturated heterocycles. The Kier molecular flexibility index (Phi) is 1.08. The first kappa shape index (κ1) is 5.10. The predicted molar refractivity (Wildman–Crippen MR) is 37.9 cm³/mol. The first-order valence-electron chi connectivity index (χ1n) is 3.57. The summed E-state index contributed by atoms with van der Waals surface area (Å²) >= 11 is 0. The van der Waals surface area contributed by atoms with E-state index < -0.39 is 0 Å². The predicted octanol–water partition coefficient (Wildman–Crippen LogP) is 1.44. The third kappa shape index (κ3) is 0.766. The molecule has 2 aliphatic rings. The SMILES string of the molecule is C1=CC[C@H]2CCNC2=C1. The van der Waals surface area contributed by atoms with Crippen molar-refractivity contribution in [2.24, 2.45) is 5.92 Å². The molecule has 0 radical (unpaired) electrons. The maximum absolute atomic E-state index is 3.37. The highest BCUT2D eigenvalue weighted by molar-refractivity contribution is 5.21. The van der Waals surface area contributed by atoms with E-state index in [0.717, 1.165) is 5.92 Å². The lowest BCUT2D eigenvalue weighted by Gasteiger charge is -2.10. The second-order valence-corrected chi connectivity index (χ2v) is 2.70. The summed E-state index contributed by atoms with van der Waals surface area (Å²) in [5.41, 5.74) is 1.46. The van der Waals surface area contributed by atoms with Crippen molar-refractivity contribution in [3.8, 4) is 0 Å². The zero-order valence-corrected chi connectivity index (χ0v) is 5.43. The van der Waals surface area contributed by atoms with Crippen LogP contribution >= 0.6 is 0 Å². The summed E-state index contributed by atoms with van der Waals surface area (Å²) in [4.78, 5) is 0. The van der Waals surface area contributed by atoms with Crippen molar-refractivity contribution in [3.63, 3.8) is 0 Å². The molecular weight excluding hydrogens is 110 g/mol. The minimum absolute atomic E-state index is 0.829. The second kappa shape index (κ2) is 1.90. The second-order valence-electron chi connectivity index (χ2n) is 2.70. The maximum atomic E-state index is 3.37. The first-order valence-corrected chi connectivity index (χ1v) is 3.57. The summed E-state index contributed by atoms with van der Waals surface area (Å²) in [6.07, 6.45) is 9.17. The van der Waals surface area contributed by atoms with Gasteiger partial charge in [-0.15, -0.1) is 0 Å². The van der Waals surface area contributed by atoms with Crippen molar-refractivity contribution in [3.05, 3.63) is 23.9 Å². The van der Waals surface area contributed by atoms with E-state index in [1.54, 1.807) is 0 Å². The van der Waals surface area contributed by atoms with E-state index in [0.29, 0.717) is 0 Å². The van der Waals surface area contributed by atoms with Gasteiger partial charge in [0.25, 0.3) is 0 Å². The average molecular weight is 121 g/mol. The van der Waals surface area contributed by atoms with Crippen molar-refractivity contribution in [2.75, 3.05) is 6.54 Å².